The topological polar surface area (TPSA) is 70.6 Å². The Morgan fingerprint density at radius 2 is 1.74 bits per heavy atom. The highest BCUT2D eigenvalue weighted by Crippen LogP contribution is 2.24. The van der Waals surface area contributed by atoms with Crippen LogP contribution < -0.4 is 4.90 Å². The zero-order chi connectivity index (χ0) is 19.0. The molecule has 136 valence electrons. The number of amides is 3. The van der Waals surface area contributed by atoms with Gasteiger partial charge < -0.3 is 4.90 Å². The van der Waals surface area contributed by atoms with Gasteiger partial charge in [-0.15, -0.1) is 11.3 Å². The van der Waals surface area contributed by atoms with Crippen molar-refractivity contribution in [3.8, 4) is 0 Å². The van der Waals surface area contributed by atoms with E-state index in [4.69, 9.17) is 0 Å². The smallest absolute Gasteiger partial charge is 0.253 e. The third-order valence-electron chi connectivity index (χ3n) is 4.48. The average Bonchev–Trinajstić information content (AvgIpc) is 3.23. The highest BCUT2D eigenvalue weighted by atomic mass is 32.1. The molecule has 0 bridgehead atoms. The van der Waals surface area contributed by atoms with Gasteiger partial charge in [-0.25, -0.2) is 4.98 Å². The van der Waals surface area contributed by atoms with Crippen LogP contribution in [0.25, 0.3) is 10.2 Å². The fourth-order valence-corrected chi connectivity index (χ4v) is 4.12. The number of imide groups is 1. The molecule has 1 aromatic heterocycles. The van der Waals surface area contributed by atoms with Crippen molar-refractivity contribution in [3.05, 3.63) is 59.1 Å². The lowest BCUT2D eigenvalue weighted by Gasteiger charge is -2.17. The molecule has 0 N–H and O–H groups in total. The van der Waals surface area contributed by atoms with Crippen LogP contribution in [0, 0.1) is 0 Å². The number of thiazole rings is 1. The van der Waals surface area contributed by atoms with Crippen LogP contribution in [-0.2, 0) is 16.1 Å². The largest absolute Gasteiger partial charge is 0.335 e. The summed E-state index contributed by atoms with van der Waals surface area (Å²) in [5.74, 6) is -0.543. The number of rotatable bonds is 4. The van der Waals surface area contributed by atoms with Crippen molar-refractivity contribution in [2.24, 2.45) is 0 Å². The molecule has 0 spiro atoms. The number of aromatic nitrogens is 1. The molecule has 4 rings (SSSR count). The lowest BCUT2D eigenvalue weighted by Crippen LogP contribution is -2.29. The standard InChI is InChI=1S/C20H17N3O3S/c1-22(12-17-21-15-4-2-3-5-16(15)27-17)20(26)13-6-8-14(9-7-13)23-18(24)10-11-19(23)25/h2-9H,10-12H2,1H3. The Kier molecular flexibility index (Phi) is 4.45. The first kappa shape index (κ1) is 17.4. The van der Waals surface area contributed by atoms with Crippen LogP contribution in [0.5, 0.6) is 0 Å². The quantitative estimate of drug-likeness (QED) is 0.653. The van der Waals surface area contributed by atoms with Gasteiger partial charge in [0.1, 0.15) is 5.01 Å². The third kappa shape index (κ3) is 3.33. The highest BCUT2D eigenvalue weighted by molar-refractivity contribution is 7.18. The number of nitrogens with zero attached hydrogens (tertiary/aromatic N) is 3. The molecule has 2 aromatic carbocycles. The van der Waals surface area contributed by atoms with Gasteiger partial charge >= 0.3 is 0 Å². The van der Waals surface area contributed by atoms with E-state index in [0.29, 0.717) is 17.8 Å². The first-order valence-electron chi connectivity index (χ1n) is 8.59. The Hall–Kier alpha value is -3.06. The molecule has 1 saturated heterocycles. The molecule has 27 heavy (non-hydrogen) atoms. The molecule has 0 aliphatic carbocycles. The summed E-state index contributed by atoms with van der Waals surface area (Å²) in [6, 6.07) is 14.4. The average molecular weight is 379 g/mol. The molecular formula is C20H17N3O3S. The van der Waals surface area contributed by atoms with Crippen molar-refractivity contribution in [3.63, 3.8) is 0 Å². The van der Waals surface area contributed by atoms with Gasteiger partial charge in [-0.3, -0.25) is 19.3 Å². The maximum absolute atomic E-state index is 12.7. The molecule has 6 nitrogen and oxygen atoms in total. The minimum Gasteiger partial charge on any atom is -0.335 e. The molecule has 3 amide bonds. The third-order valence-corrected chi connectivity index (χ3v) is 5.50. The van der Waals surface area contributed by atoms with Crippen LogP contribution in [0.4, 0.5) is 5.69 Å². The fraction of sp³-hybridized carbons (Fsp3) is 0.200. The van der Waals surface area contributed by atoms with E-state index < -0.39 is 0 Å². The predicted molar refractivity (Wildman–Crippen MR) is 104 cm³/mol. The van der Waals surface area contributed by atoms with Crippen LogP contribution in [-0.4, -0.2) is 34.7 Å². The number of carbonyl (C=O) groups is 3. The summed E-state index contributed by atoms with van der Waals surface area (Å²) in [7, 11) is 1.73. The Labute approximate surface area is 160 Å². The number of hydrogen-bond acceptors (Lipinski definition) is 5. The van der Waals surface area contributed by atoms with Gasteiger partial charge in [0.15, 0.2) is 0 Å². The van der Waals surface area contributed by atoms with Crippen LogP contribution >= 0.6 is 11.3 Å². The first-order chi connectivity index (χ1) is 13.0. The number of carbonyl (C=O) groups excluding carboxylic acids is 3. The van der Waals surface area contributed by atoms with Crippen LogP contribution in [0.1, 0.15) is 28.2 Å². The highest BCUT2D eigenvalue weighted by Gasteiger charge is 2.30. The second-order valence-electron chi connectivity index (χ2n) is 6.41. The van der Waals surface area contributed by atoms with Crippen molar-refractivity contribution < 1.29 is 14.4 Å². The number of hydrogen-bond donors (Lipinski definition) is 0. The predicted octanol–water partition coefficient (Wildman–Crippen LogP) is 3.22. The molecule has 1 aliphatic heterocycles. The van der Waals surface area contributed by atoms with Crippen LogP contribution in [0.2, 0.25) is 0 Å². The summed E-state index contributed by atoms with van der Waals surface area (Å²) in [4.78, 5) is 43.7. The molecular weight excluding hydrogens is 362 g/mol. The minimum atomic E-state index is -0.202. The van der Waals surface area contributed by atoms with E-state index in [-0.39, 0.29) is 30.6 Å². The van der Waals surface area contributed by atoms with Gasteiger partial charge in [0.2, 0.25) is 11.8 Å². The first-order valence-corrected chi connectivity index (χ1v) is 9.40. The van der Waals surface area contributed by atoms with Crippen molar-refractivity contribution in [1.82, 2.24) is 9.88 Å². The molecule has 1 fully saturated rings. The van der Waals surface area contributed by atoms with Crippen molar-refractivity contribution >= 4 is 45.0 Å². The zero-order valence-electron chi connectivity index (χ0n) is 14.7. The van der Waals surface area contributed by atoms with Gasteiger partial charge in [0, 0.05) is 25.5 Å². The van der Waals surface area contributed by atoms with Crippen molar-refractivity contribution in [1.29, 1.82) is 0 Å². The number of anilines is 1. The fourth-order valence-electron chi connectivity index (χ4n) is 3.10. The van der Waals surface area contributed by atoms with E-state index in [1.807, 2.05) is 24.3 Å². The maximum Gasteiger partial charge on any atom is 0.253 e. The lowest BCUT2D eigenvalue weighted by molar-refractivity contribution is -0.121. The molecule has 3 aromatic rings. The van der Waals surface area contributed by atoms with E-state index in [9.17, 15) is 14.4 Å². The maximum atomic E-state index is 12.7. The van der Waals surface area contributed by atoms with E-state index in [1.54, 1.807) is 47.5 Å². The Morgan fingerprint density at radius 1 is 1.07 bits per heavy atom. The summed E-state index contributed by atoms with van der Waals surface area (Å²) in [5.41, 5.74) is 1.94. The molecule has 2 heterocycles. The molecule has 0 saturated carbocycles. The van der Waals surface area contributed by atoms with Crippen molar-refractivity contribution in [2.45, 2.75) is 19.4 Å². The number of para-hydroxylation sites is 1. The van der Waals surface area contributed by atoms with E-state index in [0.717, 1.165) is 15.2 Å². The van der Waals surface area contributed by atoms with Gasteiger partial charge in [-0.1, -0.05) is 12.1 Å². The van der Waals surface area contributed by atoms with Gasteiger partial charge in [0.25, 0.3) is 5.91 Å². The van der Waals surface area contributed by atoms with Crippen LogP contribution in [0.15, 0.2) is 48.5 Å². The van der Waals surface area contributed by atoms with Gasteiger partial charge in [0.05, 0.1) is 22.4 Å². The molecule has 1 aliphatic rings. The summed E-state index contributed by atoms with van der Waals surface area (Å²) >= 11 is 1.57. The van der Waals surface area contributed by atoms with Gasteiger partial charge in [-0.05, 0) is 36.4 Å². The van der Waals surface area contributed by atoms with Crippen LogP contribution in [0.3, 0.4) is 0 Å². The number of fused-ring (bicyclic) bond motifs is 1. The van der Waals surface area contributed by atoms with Gasteiger partial charge in [-0.2, -0.15) is 0 Å². The molecule has 0 radical (unpaired) electrons. The van der Waals surface area contributed by atoms with E-state index >= 15 is 0 Å². The summed E-state index contributed by atoms with van der Waals surface area (Å²) < 4.78 is 1.10. The zero-order valence-corrected chi connectivity index (χ0v) is 15.5. The Morgan fingerprint density at radius 3 is 2.41 bits per heavy atom. The summed E-state index contributed by atoms with van der Waals surface area (Å²) in [6.07, 6.45) is 0.481. The Bertz CT molecular complexity index is 993. The second-order valence-corrected chi connectivity index (χ2v) is 7.52. The number of benzene rings is 2. The van der Waals surface area contributed by atoms with E-state index in [1.165, 1.54) is 4.90 Å². The SMILES string of the molecule is CN(Cc1nc2ccccc2s1)C(=O)c1ccc(N2C(=O)CCC2=O)cc1. The molecule has 7 heteroatoms. The second kappa shape index (κ2) is 6.92. The summed E-state index contributed by atoms with van der Waals surface area (Å²) in [6.45, 7) is 0.420. The molecule has 0 unspecified atom stereocenters. The lowest BCUT2D eigenvalue weighted by atomic mass is 10.1. The minimum absolute atomic E-state index is 0.139. The molecule has 0 atom stereocenters. The van der Waals surface area contributed by atoms with E-state index in [2.05, 4.69) is 4.98 Å². The van der Waals surface area contributed by atoms with Crippen molar-refractivity contribution in [2.75, 3.05) is 11.9 Å². The monoisotopic (exact) mass is 379 g/mol. The normalized spacial score (nSPS) is 14.2. The Balaban J connectivity index is 1.48. The summed E-state index contributed by atoms with van der Waals surface area (Å²) in [5, 5.41) is 0.872.